The summed E-state index contributed by atoms with van der Waals surface area (Å²) in [5.41, 5.74) is 6.12. The normalized spacial score (nSPS) is 10.3. The van der Waals surface area contributed by atoms with Crippen LogP contribution in [0.2, 0.25) is 10.0 Å². The second-order valence-electron chi connectivity index (χ2n) is 3.87. The van der Waals surface area contributed by atoms with Gasteiger partial charge in [-0.3, -0.25) is 0 Å². The molecule has 0 bridgehead atoms. The molecule has 0 unspecified atom stereocenters. The lowest BCUT2D eigenvalue weighted by Crippen LogP contribution is -2.07. The summed E-state index contributed by atoms with van der Waals surface area (Å²) in [6, 6.07) is 5.31. The number of benzene rings is 1. The van der Waals surface area contributed by atoms with E-state index in [1.807, 2.05) is 6.92 Å². The maximum Gasteiger partial charge on any atom is 0.323 e. The van der Waals surface area contributed by atoms with Crippen LogP contribution in [0.25, 0.3) is 0 Å². The lowest BCUT2D eigenvalue weighted by Gasteiger charge is -2.10. The number of anilines is 3. The zero-order chi connectivity index (χ0) is 14.5. The number of ether oxygens (including phenoxy) is 1. The van der Waals surface area contributed by atoms with Crippen molar-refractivity contribution >= 4 is 40.8 Å². The number of aromatic nitrogens is 3. The third kappa shape index (κ3) is 3.61. The molecule has 1 aromatic heterocycles. The predicted molar refractivity (Wildman–Crippen MR) is 79.8 cm³/mol. The van der Waals surface area contributed by atoms with E-state index in [9.17, 15) is 0 Å². The molecule has 0 radical (unpaired) electrons. The van der Waals surface area contributed by atoms with Crippen molar-refractivity contribution < 1.29 is 4.74 Å². The van der Waals surface area contributed by atoms with Gasteiger partial charge in [0.2, 0.25) is 11.9 Å². The van der Waals surface area contributed by atoms with Gasteiger partial charge in [0, 0.05) is 0 Å². The molecule has 0 aliphatic heterocycles. The molecule has 0 atom stereocenters. The van der Waals surface area contributed by atoms with Crippen molar-refractivity contribution in [1.82, 2.24) is 15.0 Å². The molecule has 1 heterocycles. The van der Waals surface area contributed by atoms with Crippen molar-refractivity contribution in [3.63, 3.8) is 0 Å². The van der Waals surface area contributed by atoms with E-state index in [2.05, 4.69) is 20.3 Å². The van der Waals surface area contributed by atoms with Gasteiger partial charge in [0.25, 0.3) is 0 Å². The zero-order valence-electron chi connectivity index (χ0n) is 10.7. The minimum absolute atomic E-state index is 0.0526. The standard InChI is InChI=1S/C12H13Cl2N5O/c1-2-6-20-12-18-10(15)17-11(19-12)16-9-7(13)4-3-5-8(9)14/h3-5H,2,6H2,1H3,(H3,15,16,17,18,19). The highest BCUT2D eigenvalue weighted by Gasteiger charge is 2.10. The monoisotopic (exact) mass is 313 g/mol. The Morgan fingerprint density at radius 2 is 1.90 bits per heavy atom. The van der Waals surface area contributed by atoms with Gasteiger partial charge in [-0.2, -0.15) is 15.0 Å². The first kappa shape index (κ1) is 14.6. The van der Waals surface area contributed by atoms with Crippen molar-refractivity contribution in [3.05, 3.63) is 28.2 Å². The molecule has 0 saturated heterocycles. The Morgan fingerprint density at radius 3 is 2.55 bits per heavy atom. The van der Waals surface area contributed by atoms with Gasteiger partial charge in [-0.25, -0.2) is 0 Å². The Labute approximate surface area is 126 Å². The fraction of sp³-hybridized carbons (Fsp3) is 0.250. The van der Waals surface area contributed by atoms with E-state index in [1.54, 1.807) is 18.2 Å². The van der Waals surface area contributed by atoms with Crippen LogP contribution in [0.1, 0.15) is 13.3 Å². The Morgan fingerprint density at radius 1 is 1.20 bits per heavy atom. The minimum atomic E-state index is 0.0526. The quantitative estimate of drug-likeness (QED) is 0.880. The van der Waals surface area contributed by atoms with Crippen LogP contribution >= 0.6 is 23.2 Å². The maximum atomic E-state index is 6.06. The molecule has 0 aliphatic carbocycles. The highest BCUT2D eigenvalue weighted by atomic mass is 35.5. The SMILES string of the molecule is CCCOc1nc(N)nc(Nc2c(Cl)cccc2Cl)n1. The maximum absolute atomic E-state index is 6.06. The summed E-state index contributed by atoms with van der Waals surface area (Å²) < 4.78 is 5.33. The van der Waals surface area contributed by atoms with E-state index in [0.717, 1.165) is 6.42 Å². The van der Waals surface area contributed by atoms with Gasteiger partial charge in [-0.15, -0.1) is 0 Å². The molecule has 0 spiro atoms. The van der Waals surface area contributed by atoms with Crippen molar-refractivity contribution in [1.29, 1.82) is 0 Å². The number of nitrogen functional groups attached to an aromatic ring is 1. The second kappa shape index (κ2) is 6.58. The van der Waals surface area contributed by atoms with E-state index < -0.39 is 0 Å². The summed E-state index contributed by atoms with van der Waals surface area (Å²) in [5.74, 6) is 0.274. The Bertz CT molecular complexity index is 588. The van der Waals surface area contributed by atoms with Crippen molar-refractivity contribution in [3.8, 4) is 6.01 Å². The first-order chi connectivity index (χ1) is 9.60. The van der Waals surface area contributed by atoms with E-state index in [1.165, 1.54) is 0 Å². The van der Waals surface area contributed by atoms with Crippen molar-refractivity contribution in [2.24, 2.45) is 0 Å². The first-order valence-electron chi connectivity index (χ1n) is 5.95. The van der Waals surface area contributed by atoms with Crippen LogP contribution < -0.4 is 15.8 Å². The van der Waals surface area contributed by atoms with Crippen molar-refractivity contribution in [2.75, 3.05) is 17.7 Å². The molecule has 0 fully saturated rings. The molecular weight excluding hydrogens is 301 g/mol. The third-order valence-electron chi connectivity index (χ3n) is 2.27. The lowest BCUT2D eigenvalue weighted by atomic mass is 10.3. The topological polar surface area (TPSA) is 86.0 Å². The first-order valence-corrected chi connectivity index (χ1v) is 6.71. The number of nitrogens with two attached hydrogens (primary N) is 1. The largest absolute Gasteiger partial charge is 0.463 e. The molecule has 1 aromatic carbocycles. The summed E-state index contributed by atoms with van der Waals surface area (Å²) in [4.78, 5) is 11.9. The lowest BCUT2D eigenvalue weighted by molar-refractivity contribution is 0.292. The molecule has 0 amide bonds. The summed E-state index contributed by atoms with van der Waals surface area (Å²) in [6.45, 7) is 2.48. The van der Waals surface area contributed by atoms with Gasteiger partial charge in [0.1, 0.15) is 0 Å². The molecule has 0 aliphatic rings. The summed E-state index contributed by atoms with van der Waals surface area (Å²) in [5, 5.41) is 3.81. The smallest absolute Gasteiger partial charge is 0.323 e. The van der Waals surface area contributed by atoms with Crippen LogP contribution in [-0.4, -0.2) is 21.6 Å². The number of nitrogens with one attached hydrogen (secondary N) is 1. The van der Waals surface area contributed by atoms with E-state index in [4.69, 9.17) is 33.7 Å². The highest BCUT2D eigenvalue weighted by molar-refractivity contribution is 6.39. The fourth-order valence-corrected chi connectivity index (χ4v) is 1.91. The van der Waals surface area contributed by atoms with Crippen LogP contribution in [0.15, 0.2) is 18.2 Å². The van der Waals surface area contributed by atoms with Crippen LogP contribution in [0, 0.1) is 0 Å². The Kier molecular flexibility index (Phi) is 4.81. The molecule has 106 valence electrons. The number of nitrogens with zero attached hydrogens (tertiary/aromatic N) is 3. The molecular formula is C12H13Cl2N5O. The highest BCUT2D eigenvalue weighted by Crippen LogP contribution is 2.31. The molecule has 0 saturated carbocycles. The number of hydrogen-bond donors (Lipinski definition) is 2. The molecule has 20 heavy (non-hydrogen) atoms. The fourth-order valence-electron chi connectivity index (χ4n) is 1.41. The number of hydrogen-bond acceptors (Lipinski definition) is 6. The average molecular weight is 314 g/mol. The molecule has 2 aromatic rings. The number of para-hydroxylation sites is 1. The molecule has 2 rings (SSSR count). The third-order valence-corrected chi connectivity index (χ3v) is 2.90. The van der Waals surface area contributed by atoms with Crippen LogP contribution in [0.5, 0.6) is 6.01 Å². The van der Waals surface area contributed by atoms with Crippen LogP contribution in [0.4, 0.5) is 17.6 Å². The number of rotatable bonds is 5. The van der Waals surface area contributed by atoms with Gasteiger partial charge in [-0.1, -0.05) is 36.2 Å². The molecule has 3 N–H and O–H groups in total. The second-order valence-corrected chi connectivity index (χ2v) is 4.68. The Balaban J connectivity index is 2.27. The summed E-state index contributed by atoms with van der Waals surface area (Å²) in [7, 11) is 0. The van der Waals surface area contributed by atoms with Gasteiger partial charge in [0.05, 0.1) is 22.3 Å². The minimum Gasteiger partial charge on any atom is -0.463 e. The van der Waals surface area contributed by atoms with Crippen LogP contribution in [0.3, 0.4) is 0 Å². The summed E-state index contributed by atoms with van der Waals surface area (Å²) >= 11 is 12.1. The van der Waals surface area contributed by atoms with Gasteiger partial charge < -0.3 is 15.8 Å². The summed E-state index contributed by atoms with van der Waals surface area (Å²) in [6.07, 6.45) is 0.838. The van der Waals surface area contributed by atoms with Gasteiger partial charge in [-0.05, 0) is 18.6 Å². The van der Waals surface area contributed by atoms with E-state index >= 15 is 0 Å². The average Bonchev–Trinajstić information content (AvgIpc) is 2.40. The number of halogens is 2. The Hall–Kier alpha value is -1.79. The van der Waals surface area contributed by atoms with Gasteiger partial charge in [0.15, 0.2) is 0 Å². The molecule has 6 nitrogen and oxygen atoms in total. The zero-order valence-corrected chi connectivity index (χ0v) is 12.2. The predicted octanol–water partition coefficient (Wildman–Crippen LogP) is 3.29. The van der Waals surface area contributed by atoms with Crippen LogP contribution in [-0.2, 0) is 0 Å². The van der Waals surface area contributed by atoms with E-state index in [0.29, 0.717) is 22.3 Å². The van der Waals surface area contributed by atoms with Crippen molar-refractivity contribution in [2.45, 2.75) is 13.3 Å². The van der Waals surface area contributed by atoms with E-state index in [-0.39, 0.29) is 17.9 Å². The molecule has 8 heteroatoms. The van der Waals surface area contributed by atoms with Gasteiger partial charge >= 0.3 is 6.01 Å².